The molecule has 1 unspecified atom stereocenters. The highest BCUT2D eigenvalue weighted by Gasteiger charge is 2.33. The third kappa shape index (κ3) is 4.63. The number of carboxylic acid groups (broad SMARTS) is 1. The molecule has 1 saturated carbocycles. The van der Waals surface area contributed by atoms with Gasteiger partial charge in [0, 0.05) is 17.8 Å². The molecule has 0 heterocycles. The second kappa shape index (κ2) is 6.80. The summed E-state index contributed by atoms with van der Waals surface area (Å²) in [6, 6.07) is 4.46. The first kappa shape index (κ1) is 15.6. The van der Waals surface area contributed by atoms with E-state index in [1.807, 2.05) is 0 Å². The molecule has 3 N–H and O–H groups in total. The molecule has 6 nitrogen and oxygen atoms in total. The molecular weight excluding hydrogens is 340 g/mol. The molecule has 1 aromatic rings. The number of aliphatic carboxylic acids is 1. The van der Waals surface area contributed by atoms with E-state index in [0.717, 1.165) is 17.3 Å². The maximum atomic E-state index is 12.0. The van der Waals surface area contributed by atoms with Crippen molar-refractivity contribution in [3.63, 3.8) is 0 Å². The fourth-order valence-electron chi connectivity index (χ4n) is 2.10. The number of rotatable bonds is 6. The van der Waals surface area contributed by atoms with Crippen LogP contribution >= 0.6 is 15.9 Å². The van der Waals surface area contributed by atoms with Gasteiger partial charge >= 0.3 is 12.0 Å². The van der Waals surface area contributed by atoms with Crippen molar-refractivity contribution in [2.45, 2.75) is 25.3 Å². The van der Waals surface area contributed by atoms with Crippen molar-refractivity contribution in [2.24, 2.45) is 5.92 Å². The number of urea groups is 1. The molecule has 1 atom stereocenters. The molecule has 2 amide bonds. The van der Waals surface area contributed by atoms with Crippen LogP contribution in [-0.2, 0) is 4.79 Å². The summed E-state index contributed by atoms with van der Waals surface area (Å²) in [7, 11) is 1.54. The first-order valence-electron chi connectivity index (χ1n) is 6.62. The van der Waals surface area contributed by atoms with E-state index in [1.54, 1.807) is 25.3 Å². The van der Waals surface area contributed by atoms with Crippen LogP contribution in [-0.4, -0.2) is 30.3 Å². The number of amides is 2. The van der Waals surface area contributed by atoms with E-state index in [1.165, 1.54) is 0 Å². The Balaban J connectivity index is 1.95. The van der Waals surface area contributed by atoms with E-state index in [0.29, 0.717) is 11.4 Å². The van der Waals surface area contributed by atoms with Crippen LogP contribution in [0.2, 0.25) is 0 Å². The number of carboxylic acids is 1. The first-order chi connectivity index (χ1) is 9.99. The molecule has 1 aliphatic rings. The molecule has 7 heteroatoms. The van der Waals surface area contributed by atoms with Crippen molar-refractivity contribution < 1.29 is 19.4 Å². The lowest BCUT2D eigenvalue weighted by Gasteiger charge is -2.17. The number of carbonyl (C=O) groups is 2. The Morgan fingerprint density at radius 1 is 1.48 bits per heavy atom. The minimum Gasteiger partial charge on any atom is -0.495 e. The minimum absolute atomic E-state index is 0.0538. The topological polar surface area (TPSA) is 87.7 Å². The van der Waals surface area contributed by atoms with Crippen LogP contribution in [0.3, 0.4) is 0 Å². The molecule has 1 aliphatic carbocycles. The summed E-state index contributed by atoms with van der Waals surface area (Å²) in [5.74, 6) is -0.0270. The van der Waals surface area contributed by atoms with Crippen molar-refractivity contribution >= 4 is 33.6 Å². The number of halogens is 1. The molecule has 0 spiro atoms. The predicted molar refractivity (Wildman–Crippen MR) is 81.6 cm³/mol. The molecule has 1 aromatic carbocycles. The molecule has 114 valence electrons. The van der Waals surface area contributed by atoms with Crippen LogP contribution in [0.25, 0.3) is 0 Å². The zero-order valence-corrected chi connectivity index (χ0v) is 13.1. The lowest BCUT2D eigenvalue weighted by molar-refractivity contribution is -0.137. The van der Waals surface area contributed by atoms with Crippen molar-refractivity contribution in [2.75, 3.05) is 12.4 Å². The van der Waals surface area contributed by atoms with Gasteiger partial charge in [0.2, 0.25) is 0 Å². The van der Waals surface area contributed by atoms with E-state index >= 15 is 0 Å². The minimum atomic E-state index is -0.905. The summed E-state index contributed by atoms with van der Waals surface area (Å²) in [6.45, 7) is 0. The highest BCUT2D eigenvalue weighted by molar-refractivity contribution is 9.10. The van der Waals surface area contributed by atoms with Crippen LogP contribution in [0, 0.1) is 5.92 Å². The zero-order valence-electron chi connectivity index (χ0n) is 11.6. The summed E-state index contributed by atoms with van der Waals surface area (Å²) in [4.78, 5) is 22.8. The van der Waals surface area contributed by atoms with Gasteiger partial charge in [-0.15, -0.1) is 0 Å². The Morgan fingerprint density at radius 2 is 2.19 bits per heavy atom. The molecular formula is C14H17BrN2O4. The van der Waals surface area contributed by atoms with Gasteiger partial charge in [0.1, 0.15) is 5.75 Å². The summed E-state index contributed by atoms with van der Waals surface area (Å²) in [5.41, 5.74) is 0.581. The molecule has 0 bridgehead atoms. The number of hydrogen-bond donors (Lipinski definition) is 3. The molecule has 21 heavy (non-hydrogen) atoms. The molecule has 0 saturated heterocycles. The Morgan fingerprint density at radius 3 is 2.76 bits per heavy atom. The standard InChI is InChI=1S/C14H17BrN2O4/c1-21-12-6-9(4-5-10(12)15)16-14(20)17-11(7-13(18)19)8-2-3-8/h4-6,8,11H,2-3,7H2,1H3,(H,18,19)(H2,16,17,20). The summed E-state index contributed by atoms with van der Waals surface area (Å²) in [6.07, 6.45) is 1.87. The maximum Gasteiger partial charge on any atom is 0.319 e. The van der Waals surface area contributed by atoms with Gasteiger partial charge < -0.3 is 20.5 Å². The van der Waals surface area contributed by atoms with E-state index in [4.69, 9.17) is 9.84 Å². The van der Waals surface area contributed by atoms with Gasteiger partial charge in [-0.25, -0.2) is 4.79 Å². The third-order valence-corrected chi connectivity index (χ3v) is 3.97. The third-order valence-electron chi connectivity index (χ3n) is 3.31. The fourth-order valence-corrected chi connectivity index (χ4v) is 2.50. The molecule has 1 fully saturated rings. The van der Waals surface area contributed by atoms with Crippen LogP contribution in [0.4, 0.5) is 10.5 Å². The van der Waals surface area contributed by atoms with Crippen molar-refractivity contribution in [3.05, 3.63) is 22.7 Å². The van der Waals surface area contributed by atoms with Crippen molar-refractivity contribution in [1.29, 1.82) is 0 Å². The van der Waals surface area contributed by atoms with Crippen molar-refractivity contribution in [3.8, 4) is 5.75 Å². The second-order valence-corrected chi connectivity index (χ2v) is 5.84. The molecule has 0 aliphatic heterocycles. The summed E-state index contributed by atoms with van der Waals surface area (Å²) in [5, 5.41) is 14.3. The smallest absolute Gasteiger partial charge is 0.319 e. The highest BCUT2D eigenvalue weighted by Crippen LogP contribution is 2.34. The average Bonchev–Trinajstić information content (AvgIpc) is 3.24. The largest absolute Gasteiger partial charge is 0.495 e. The Kier molecular flexibility index (Phi) is 5.06. The quantitative estimate of drug-likeness (QED) is 0.731. The van der Waals surface area contributed by atoms with E-state index < -0.39 is 12.0 Å². The highest BCUT2D eigenvalue weighted by atomic mass is 79.9. The van der Waals surface area contributed by atoms with Gasteiger partial charge in [-0.05, 0) is 46.8 Å². The number of ether oxygens (including phenoxy) is 1. The maximum absolute atomic E-state index is 12.0. The van der Waals surface area contributed by atoms with Crippen LogP contribution < -0.4 is 15.4 Å². The van der Waals surface area contributed by atoms with Gasteiger partial charge in [0.25, 0.3) is 0 Å². The zero-order chi connectivity index (χ0) is 15.4. The molecule has 2 rings (SSSR count). The lowest BCUT2D eigenvalue weighted by atomic mass is 10.1. The number of hydrogen-bond acceptors (Lipinski definition) is 3. The van der Waals surface area contributed by atoms with Crippen LogP contribution in [0.1, 0.15) is 19.3 Å². The number of methoxy groups -OCH3 is 1. The number of benzene rings is 1. The Bertz CT molecular complexity index is 546. The van der Waals surface area contributed by atoms with Gasteiger partial charge in [0.05, 0.1) is 18.0 Å². The summed E-state index contributed by atoms with van der Waals surface area (Å²) < 4.78 is 5.94. The Labute approximate surface area is 131 Å². The molecule has 0 radical (unpaired) electrons. The monoisotopic (exact) mass is 356 g/mol. The SMILES string of the molecule is COc1cc(NC(=O)NC(CC(=O)O)C2CC2)ccc1Br. The van der Waals surface area contributed by atoms with E-state index in [-0.39, 0.29) is 18.4 Å². The summed E-state index contributed by atoms with van der Waals surface area (Å²) >= 11 is 3.33. The molecule has 0 aromatic heterocycles. The van der Waals surface area contributed by atoms with Gasteiger partial charge in [0.15, 0.2) is 0 Å². The van der Waals surface area contributed by atoms with Gasteiger partial charge in [-0.3, -0.25) is 4.79 Å². The van der Waals surface area contributed by atoms with Crippen LogP contribution in [0.15, 0.2) is 22.7 Å². The second-order valence-electron chi connectivity index (χ2n) is 4.99. The number of anilines is 1. The van der Waals surface area contributed by atoms with E-state index in [9.17, 15) is 9.59 Å². The Hall–Kier alpha value is -1.76. The van der Waals surface area contributed by atoms with E-state index in [2.05, 4.69) is 26.6 Å². The number of carbonyl (C=O) groups excluding carboxylic acids is 1. The predicted octanol–water partition coefficient (Wildman–Crippen LogP) is 2.83. The normalized spacial score (nSPS) is 15.1. The lowest BCUT2D eigenvalue weighted by Crippen LogP contribution is -2.40. The van der Waals surface area contributed by atoms with Crippen LogP contribution in [0.5, 0.6) is 5.75 Å². The first-order valence-corrected chi connectivity index (χ1v) is 7.41. The van der Waals surface area contributed by atoms with Crippen molar-refractivity contribution in [1.82, 2.24) is 5.32 Å². The average molecular weight is 357 g/mol. The fraction of sp³-hybridized carbons (Fsp3) is 0.429. The van der Waals surface area contributed by atoms with Gasteiger partial charge in [-0.2, -0.15) is 0 Å². The number of nitrogens with one attached hydrogen (secondary N) is 2. The van der Waals surface area contributed by atoms with Gasteiger partial charge in [-0.1, -0.05) is 0 Å².